The summed E-state index contributed by atoms with van der Waals surface area (Å²) in [6, 6.07) is 0.124. The number of carbonyl (C=O) groups is 1. The van der Waals surface area contributed by atoms with Gasteiger partial charge in [0.15, 0.2) is 0 Å². The molecule has 0 aromatic carbocycles. The highest BCUT2D eigenvalue weighted by Gasteiger charge is 2.41. The fourth-order valence-corrected chi connectivity index (χ4v) is 3.42. The highest BCUT2D eigenvalue weighted by atomic mass is 16.5. The van der Waals surface area contributed by atoms with Crippen molar-refractivity contribution in [1.82, 2.24) is 0 Å². The summed E-state index contributed by atoms with van der Waals surface area (Å²) in [5.41, 5.74) is 6.29. The molecule has 2 N–H and O–H groups in total. The van der Waals surface area contributed by atoms with Gasteiger partial charge in [-0.1, -0.05) is 26.7 Å². The molecule has 0 radical (unpaired) electrons. The minimum Gasteiger partial charge on any atom is -0.469 e. The first-order valence-corrected chi connectivity index (χ1v) is 7.40. The van der Waals surface area contributed by atoms with Gasteiger partial charge in [0.1, 0.15) is 0 Å². The molecule has 3 nitrogen and oxygen atoms in total. The Bertz CT molecular complexity index is 257. The van der Waals surface area contributed by atoms with E-state index in [-0.39, 0.29) is 17.4 Å². The van der Waals surface area contributed by atoms with Crippen molar-refractivity contribution < 1.29 is 9.53 Å². The molecule has 1 aliphatic rings. The van der Waals surface area contributed by atoms with Gasteiger partial charge in [0, 0.05) is 6.04 Å². The largest absolute Gasteiger partial charge is 0.469 e. The van der Waals surface area contributed by atoms with E-state index in [9.17, 15) is 4.79 Å². The Balaban J connectivity index is 2.67. The fourth-order valence-electron chi connectivity index (χ4n) is 3.42. The van der Waals surface area contributed by atoms with Gasteiger partial charge in [-0.15, -0.1) is 0 Å². The standard InChI is InChI=1S/C15H29NO2/c1-4-6-12-7-9-15(10-8-12,13(16)5-2)11-14(17)18-3/h12-13H,4-11,16H2,1-3H3. The predicted molar refractivity (Wildman–Crippen MR) is 74.2 cm³/mol. The number of rotatable bonds is 6. The normalized spacial score (nSPS) is 29.9. The van der Waals surface area contributed by atoms with Gasteiger partial charge in [-0.2, -0.15) is 0 Å². The van der Waals surface area contributed by atoms with Crippen molar-refractivity contribution >= 4 is 5.97 Å². The van der Waals surface area contributed by atoms with Crippen molar-refractivity contribution in [2.45, 2.75) is 71.3 Å². The van der Waals surface area contributed by atoms with E-state index >= 15 is 0 Å². The number of ether oxygens (including phenoxy) is 1. The summed E-state index contributed by atoms with van der Waals surface area (Å²) >= 11 is 0. The lowest BCUT2D eigenvalue weighted by atomic mass is 9.63. The second-order valence-corrected chi connectivity index (χ2v) is 5.86. The topological polar surface area (TPSA) is 52.3 Å². The molecule has 0 amide bonds. The van der Waals surface area contributed by atoms with Gasteiger partial charge in [0.2, 0.25) is 0 Å². The third-order valence-electron chi connectivity index (χ3n) is 4.75. The van der Waals surface area contributed by atoms with E-state index in [0.717, 1.165) is 25.2 Å². The van der Waals surface area contributed by atoms with Gasteiger partial charge in [-0.25, -0.2) is 0 Å². The molecule has 1 fully saturated rings. The number of nitrogens with two attached hydrogens (primary N) is 1. The minimum absolute atomic E-state index is 0.00785. The van der Waals surface area contributed by atoms with Crippen LogP contribution in [0.4, 0.5) is 0 Å². The Kier molecular flexibility index (Phi) is 6.13. The highest BCUT2D eigenvalue weighted by molar-refractivity contribution is 5.70. The van der Waals surface area contributed by atoms with Crippen molar-refractivity contribution in [2.24, 2.45) is 17.1 Å². The van der Waals surface area contributed by atoms with Crippen LogP contribution < -0.4 is 5.73 Å². The van der Waals surface area contributed by atoms with Gasteiger partial charge < -0.3 is 10.5 Å². The van der Waals surface area contributed by atoms with E-state index in [1.807, 2.05) is 0 Å². The molecule has 0 heterocycles. The zero-order chi connectivity index (χ0) is 13.6. The summed E-state index contributed by atoms with van der Waals surface area (Å²) in [6.07, 6.45) is 8.62. The molecule has 0 aromatic heterocycles. The minimum atomic E-state index is -0.104. The lowest BCUT2D eigenvalue weighted by Crippen LogP contribution is -2.45. The van der Waals surface area contributed by atoms with Crippen LogP contribution in [-0.2, 0) is 9.53 Å². The van der Waals surface area contributed by atoms with Crippen LogP contribution in [0.1, 0.15) is 65.2 Å². The molecule has 0 bridgehead atoms. The molecule has 1 saturated carbocycles. The summed E-state index contributed by atoms with van der Waals surface area (Å²) in [5, 5.41) is 0. The van der Waals surface area contributed by atoms with Crippen molar-refractivity contribution in [1.29, 1.82) is 0 Å². The fraction of sp³-hybridized carbons (Fsp3) is 0.933. The van der Waals surface area contributed by atoms with Gasteiger partial charge >= 0.3 is 5.97 Å². The Morgan fingerprint density at radius 1 is 1.39 bits per heavy atom. The molecule has 1 aliphatic carbocycles. The smallest absolute Gasteiger partial charge is 0.306 e. The Labute approximate surface area is 111 Å². The molecule has 0 aromatic rings. The van der Waals surface area contributed by atoms with E-state index in [2.05, 4.69) is 13.8 Å². The number of carbonyl (C=O) groups excluding carboxylic acids is 1. The number of methoxy groups -OCH3 is 1. The van der Waals surface area contributed by atoms with E-state index in [1.165, 1.54) is 32.8 Å². The van der Waals surface area contributed by atoms with E-state index < -0.39 is 0 Å². The summed E-state index contributed by atoms with van der Waals surface area (Å²) in [7, 11) is 1.47. The van der Waals surface area contributed by atoms with Crippen LogP contribution in [0.2, 0.25) is 0 Å². The summed E-state index contributed by atoms with van der Waals surface area (Å²) in [5.74, 6) is 0.734. The maximum Gasteiger partial charge on any atom is 0.306 e. The maximum atomic E-state index is 11.6. The first-order valence-electron chi connectivity index (χ1n) is 7.40. The van der Waals surface area contributed by atoms with Gasteiger partial charge in [0.25, 0.3) is 0 Å². The summed E-state index contributed by atoms with van der Waals surface area (Å²) < 4.78 is 4.85. The third kappa shape index (κ3) is 3.71. The molecule has 1 rings (SSSR count). The first kappa shape index (κ1) is 15.5. The third-order valence-corrected chi connectivity index (χ3v) is 4.75. The molecule has 0 aliphatic heterocycles. The average Bonchev–Trinajstić information content (AvgIpc) is 2.40. The Morgan fingerprint density at radius 2 is 2.00 bits per heavy atom. The van der Waals surface area contributed by atoms with E-state index in [1.54, 1.807) is 0 Å². The van der Waals surface area contributed by atoms with Crippen molar-refractivity contribution in [3.05, 3.63) is 0 Å². The SMILES string of the molecule is CCCC1CCC(CC(=O)OC)(C(N)CC)CC1. The van der Waals surface area contributed by atoms with Crippen LogP contribution in [0.3, 0.4) is 0 Å². The molecular formula is C15H29NO2. The first-order chi connectivity index (χ1) is 8.57. The van der Waals surface area contributed by atoms with E-state index in [4.69, 9.17) is 10.5 Å². The molecule has 18 heavy (non-hydrogen) atoms. The highest BCUT2D eigenvalue weighted by Crippen LogP contribution is 2.45. The second-order valence-electron chi connectivity index (χ2n) is 5.86. The average molecular weight is 255 g/mol. The van der Waals surface area contributed by atoms with Crippen molar-refractivity contribution in [2.75, 3.05) is 7.11 Å². The second kappa shape index (κ2) is 7.13. The molecule has 1 atom stereocenters. The molecule has 106 valence electrons. The van der Waals surface area contributed by atoms with Crippen LogP contribution in [-0.4, -0.2) is 19.1 Å². The summed E-state index contributed by atoms with van der Waals surface area (Å²) in [4.78, 5) is 11.6. The lowest BCUT2D eigenvalue weighted by Gasteiger charge is -2.43. The number of esters is 1. The Hall–Kier alpha value is -0.570. The van der Waals surface area contributed by atoms with Gasteiger partial charge in [-0.3, -0.25) is 4.79 Å². The van der Waals surface area contributed by atoms with Crippen molar-refractivity contribution in [3.63, 3.8) is 0 Å². The molecule has 0 saturated heterocycles. The van der Waals surface area contributed by atoms with E-state index in [0.29, 0.717) is 6.42 Å². The summed E-state index contributed by atoms with van der Waals surface area (Å²) in [6.45, 7) is 4.36. The molecule has 0 spiro atoms. The maximum absolute atomic E-state index is 11.6. The zero-order valence-electron chi connectivity index (χ0n) is 12.2. The van der Waals surface area contributed by atoms with Crippen molar-refractivity contribution in [3.8, 4) is 0 Å². The molecular weight excluding hydrogens is 226 g/mol. The number of hydrogen-bond acceptors (Lipinski definition) is 3. The Morgan fingerprint density at radius 3 is 2.44 bits per heavy atom. The predicted octanol–water partition coefficient (Wildman–Crippen LogP) is 3.26. The van der Waals surface area contributed by atoms with Gasteiger partial charge in [0.05, 0.1) is 13.5 Å². The van der Waals surface area contributed by atoms with Crippen LogP contribution in [0, 0.1) is 11.3 Å². The molecule has 3 heteroatoms. The molecule has 1 unspecified atom stereocenters. The van der Waals surface area contributed by atoms with Crippen LogP contribution in [0.15, 0.2) is 0 Å². The van der Waals surface area contributed by atoms with Crippen LogP contribution in [0.5, 0.6) is 0 Å². The lowest BCUT2D eigenvalue weighted by molar-refractivity contribution is -0.144. The monoisotopic (exact) mass is 255 g/mol. The van der Waals surface area contributed by atoms with Crippen LogP contribution in [0.25, 0.3) is 0 Å². The van der Waals surface area contributed by atoms with Gasteiger partial charge in [-0.05, 0) is 43.4 Å². The zero-order valence-corrected chi connectivity index (χ0v) is 12.2. The van der Waals surface area contributed by atoms with Crippen LogP contribution >= 0.6 is 0 Å². The quantitative estimate of drug-likeness (QED) is 0.741. The number of hydrogen-bond donors (Lipinski definition) is 1.